The lowest BCUT2D eigenvalue weighted by atomic mass is 9.57. The monoisotopic (exact) mass is 628 g/mol. The average Bonchev–Trinajstić information content (AvgIpc) is 3.15. The maximum atomic E-state index is 14.4. The van der Waals surface area contributed by atoms with Crippen LogP contribution in [-0.2, 0) is 19.7 Å². The maximum Gasteiger partial charge on any atom is 0.237 e. The highest BCUT2D eigenvalue weighted by molar-refractivity contribution is 6.31. The van der Waals surface area contributed by atoms with E-state index in [-0.39, 0.29) is 41.5 Å². The Balaban J connectivity index is 1.51. The first-order chi connectivity index (χ1) is 19.8. The van der Waals surface area contributed by atoms with E-state index in [1.54, 1.807) is 18.2 Å². The molecule has 0 radical (unpaired) electrons. The zero-order valence-electron chi connectivity index (χ0n) is 24.1. The molecule has 2 aromatic carbocycles. The quantitative estimate of drug-likeness (QED) is 0.361. The molecule has 1 spiro atoms. The van der Waals surface area contributed by atoms with Gasteiger partial charge in [-0.05, 0) is 87.9 Å². The summed E-state index contributed by atoms with van der Waals surface area (Å²) in [6, 6.07) is 10.1. The Hall–Kier alpha value is -2.51. The predicted molar refractivity (Wildman–Crippen MR) is 166 cm³/mol. The topological polar surface area (TPSA) is 76.7 Å². The maximum absolute atomic E-state index is 14.4. The molecule has 2 aromatic rings. The third-order valence-electron chi connectivity index (χ3n) is 8.95. The molecule has 2 saturated heterocycles. The fraction of sp³-hybridized carbons (Fsp3) is 0.455. The number of nitrogens with one attached hydrogen (secondary N) is 2. The van der Waals surface area contributed by atoms with Gasteiger partial charge in [-0.25, -0.2) is 0 Å². The van der Waals surface area contributed by atoms with Gasteiger partial charge in [-0.3, -0.25) is 9.59 Å². The minimum absolute atomic E-state index is 0.149. The van der Waals surface area contributed by atoms with Crippen molar-refractivity contribution in [1.82, 2.24) is 5.32 Å². The van der Waals surface area contributed by atoms with E-state index >= 15 is 0 Å². The standard InChI is InChI=1S/C33H35Cl3N2O4/c1-31(2)16-22(17-32(3,4)42-31)41-27-11-9-20(35)13-23(27)29-33(24-10-8-21(36)14-26(24)37-30(33)40)25(15-28(39)38-29)18-6-5-7-19(34)12-18/h5-11,13-14,18,22,25,29H,12,15-17H2,1-4H3,(H,37,40)(H,38,39)/t18?,25-,29-,33-/m0/s1. The highest BCUT2D eigenvalue weighted by Crippen LogP contribution is 2.58. The smallest absolute Gasteiger partial charge is 0.237 e. The fourth-order valence-corrected chi connectivity index (χ4v) is 8.36. The largest absolute Gasteiger partial charge is 0.490 e. The summed E-state index contributed by atoms with van der Waals surface area (Å²) in [6.07, 6.45) is 7.72. The van der Waals surface area contributed by atoms with Crippen LogP contribution in [0, 0.1) is 11.8 Å². The molecule has 4 aliphatic rings. The fourth-order valence-electron chi connectivity index (χ4n) is 7.76. The van der Waals surface area contributed by atoms with Crippen LogP contribution in [0.4, 0.5) is 5.69 Å². The molecule has 6 nitrogen and oxygen atoms in total. The van der Waals surface area contributed by atoms with Crippen molar-refractivity contribution in [3.63, 3.8) is 0 Å². The van der Waals surface area contributed by atoms with E-state index in [1.165, 1.54) is 0 Å². The highest BCUT2D eigenvalue weighted by Gasteiger charge is 2.62. The van der Waals surface area contributed by atoms with E-state index in [4.69, 9.17) is 44.3 Å². The van der Waals surface area contributed by atoms with Gasteiger partial charge in [0.15, 0.2) is 0 Å². The Kier molecular flexibility index (Phi) is 7.45. The van der Waals surface area contributed by atoms with E-state index in [0.29, 0.717) is 51.3 Å². The number of carbonyl (C=O) groups is 2. The molecule has 2 fully saturated rings. The van der Waals surface area contributed by atoms with Crippen LogP contribution in [0.1, 0.15) is 70.5 Å². The molecule has 2 N–H and O–H groups in total. The minimum atomic E-state index is -1.17. The van der Waals surface area contributed by atoms with Gasteiger partial charge in [-0.15, -0.1) is 0 Å². The number of benzene rings is 2. The summed E-state index contributed by atoms with van der Waals surface area (Å²) in [5.74, 6) is -0.318. The normalized spacial score (nSPS) is 30.0. The van der Waals surface area contributed by atoms with Gasteiger partial charge in [-0.1, -0.05) is 53.0 Å². The molecule has 222 valence electrons. The Morgan fingerprint density at radius 2 is 1.62 bits per heavy atom. The third-order valence-corrected chi connectivity index (χ3v) is 9.70. The Bertz CT molecular complexity index is 1500. The summed E-state index contributed by atoms with van der Waals surface area (Å²) < 4.78 is 13.1. The number of hydrogen-bond acceptors (Lipinski definition) is 4. The van der Waals surface area contributed by atoms with Gasteiger partial charge in [0.05, 0.1) is 17.2 Å². The van der Waals surface area contributed by atoms with E-state index in [1.807, 2.05) is 30.4 Å². The SMILES string of the molecule is CC1(C)CC(Oc2ccc(Cl)cc2[C@@H]2NC(=O)C[C@@H](C3C=CC=C(Cl)C3)[C@]23C(=O)Nc2cc(Cl)ccc23)CC(C)(C)O1. The molecular formula is C33H35Cl3N2O4. The van der Waals surface area contributed by atoms with Gasteiger partial charge in [-0.2, -0.15) is 0 Å². The van der Waals surface area contributed by atoms with Crippen LogP contribution in [-0.4, -0.2) is 29.1 Å². The minimum Gasteiger partial charge on any atom is -0.490 e. The second-order valence-corrected chi connectivity index (χ2v) is 14.5. The molecule has 3 aliphatic heterocycles. The number of rotatable bonds is 4. The van der Waals surface area contributed by atoms with Crippen LogP contribution < -0.4 is 15.4 Å². The first-order valence-electron chi connectivity index (χ1n) is 14.4. The number of fused-ring (bicyclic) bond motifs is 2. The molecule has 4 atom stereocenters. The average molecular weight is 630 g/mol. The van der Waals surface area contributed by atoms with Gasteiger partial charge in [0.25, 0.3) is 0 Å². The number of allylic oxidation sites excluding steroid dienone is 4. The van der Waals surface area contributed by atoms with Crippen LogP contribution in [0.15, 0.2) is 59.7 Å². The van der Waals surface area contributed by atoms with Crippen LogP contribution in [0.2, 0.25) is 10.0 Å². The molecule has 1 aliphatic carbocycles. The van der Waals surface area contributed by atoms with Crippen molar-refractivity contribution in [2.24, 2.45) is 11.8 Å². The second kappa shape index (κ2) is 10.6. The number of ether oxygens (including phenoxy) is 2. The van der Waals surface area contributed by atoms with Crippen LogP contribution in [0.3, 0.4) is 0 Å². The van der Waals surface area contributed by atoms with Crippen molar-refractivity contribution in [2.45, 2.75) is 82.1 Å². The Labute approximate surface area is 261 Å². The molecule has 0 bridgehead atoms. The van der Waals surface area contributed by atoms with E-state index in [0.717, 1.165) is 5.56 Å². The number of piperidine rings is 1. The molecular weight excluding hydrogens is 595 g/mol. The molecule has 0 saturated carbocycles. The molecule has 2 amide bonds. The van der Waals surface area contributed by atoms with Crippen molar-refractivity contribution >= 4 is 52.3 Å². The molecule has 9 heteroatoms. The number of anilines is 1. The Morgan fingerprint density at radius 1 is 0.929 bits per heavy atom. The highest BCUT2D eigenvalue weighted by atomic mass is 35.5. The van der Waals surface area contributed by atoms with Gasteiger partial charge in [0.1, 0.15) is 17.3 Å². The van der Waals surface area contributed by atoms with Crippen LogP contribution in [0.5, 0.6) is 5.75 Å². The van der Waals surface area contributed by atoms with Gasteiger partial charge < -0.3 is 20.1 Å². The lowest BCUT2D eigenvalue weighted by Crippen LogP contribution is -2.59. The third kappa shape index (κ3) is 5.25. The zero-order chi connectivity index (χ0) is 30.0. The first-order valence-corrected chi connectivity index (χ1v) is 15.5. The lowest BCUT2D eigenvalue weighted by Gasteiger charge is -2.49. The van der Waals surface area contributed by atoms with Crippen molar-refractivity contribution in [3.05, 3.63) is 80.8 Å². The molecule has 0 aromatic heterocycles. The molecule has 42 heavy (non-hydrogen) atoms. The molecule has 3 heterocycles. The number of carbonyl (C=O) groups excluding carboxylic acids is 2. The van der Waals surface area contributed by atoms with Gasteiger partial charge >= 0.3 is 0 Å². The first kappa shape index (κ1) is 29.6. The van der Waals surface area contributed by atoms with E-state index in [9.17, 15) is 9.59 Å². The van der Waals surface area contributed by atoms with Crippen LogP contribution in [0.25, 0.3) is 0 Å². The van der Waals surface area contributed by atoms with Crippen molar-refractivity contribution in [1.29, 1.82) is 0 Å². The van der Waals surface area contributed by atoms with Crippen LogP contribution >= 0.6 is 34.8 Å². The summed E-state index contributed by atoms with van der Waals surface area (Å²) in [5.41, 5.74) is 0.140. The summed E-state index contributed by atoms with van der Waals surface area (Å²) in [7, 11) is 0. The van der Waals surface area contributed by atoms with E-state index < -0.39 is 17.4 Å². The molecule has 6 rings (SSSR count). The van der Waals surface area contributed by atoms with Crippen molar-refractivity contribution in [3.8, 4) is 5.75 Å². The summed E-state index contributed by atoms with van der Waals surface area (Å²) >= 11 is 19.5. The number of hydrogen-bond donors (Lipinski definition) is 2. The number of halogens is 3. The molecule has 1 unspecified atom stereocenters. The zero-order valence-corrected chi connectivity index (χ0v) is 26.4. The van der Waals surface area contributed by atoms with Crippen molar-refractivity contribution in [2.75, 3.05) is 5.32 Å². The second-order valence-electron chi connectivity index (χ2n) is 13.1. The predicted octanol–water partition coefficient (Wildman–Crippen LogP) is 7.87. The summed E-state index contributed by atoms with van der Waals surface area (Å²) in [4.78, 5) is 28.0. The van der Waals surface area contributed by atoms with Crippen molar-refractivity contribution < 1.29 is 19.1 Å². The lowest BCUT2D eigenvalue weighted by molar-refractivity contribution is -0.182. The Morgan fingerprint density at radius 3 is 2.33 bits per heavy atom. The summed E-state index contributed by atoms with van der Waals surface area (Å²) in [5, 5.41) is 7.98. The number of amides is 2. The van der Waals surface area contributed by atoms with Gasteiger partial charge in [0.2, 0.25) is 11.8 Å². The van der Waals surface area contributed by atoms with E-state index in [2.05, 4.69) is 44.4 Å². The van der Waals surface area contributed by atoms with Gasteiger partial charge in [0, 0.05) is 45.6 Å². The summed E-state index contributed by atoms with van der Waals surface area (Å²) in [6.45, 7) is 8.26.